The van der Waals surface area contributed by atoms with Crippen molar-refractivity contribution in [2.24, 2.45) is 5.92 Å². The molecule has 0 bridgehead atoms. The predicted octanol–water partition coefficient (Wildman–Crippen LogP) is 3.71. The third-order valence-corrected chi connectivity index (χ3v) is 7.51. The van der Waals surface area contributed by atoms with E-state index in [2.05, 4.69) is 5.32 Å². The number of amides is 1. The first-order valence-corrected chi connectivity index (χ1v) is 10.8. The van der Waals surface area contributed by atoms with E-state index in [4.69, 9.17) is 23.2 Å². The maximum absolute atomic E-state index is 12.9. The first-order valence-electron chi connectivity index (χ1n) is 8.65. The Morgan fingerprint density at radius 1 is 1.00 bits per heavy atom. The first-order chi connectivity index (χ1) is 12.9. The van der Waals surface area contributed by atoms with Crippen LogP contribution in [0.5, 0.6) is 0 Å². The molecule has 3 rings (SSSR count). The van der Waals surface area contributed by atoms with E-state index in [0.717, 1.165) is 5.56 Å². The number of nitrogens with one attached hydrogen (secondary N) is 1. The van der Waals surface area contributed by atoms with Gasteiger partial charge in [0.05, 0.1) is 10.0 Å². The number of hydrogen-bond acceptors (Lipinski definition) is 3. The van der Waals surface area contributed by atoms with Crippen LogP contribution in [0, 0.1) is 5.92 Å². The minimum Gasteiger partial charge on any atom is -0.352 e. The fourth-order valence-electron chi connectivity index (χ4n) is 3.15. The molecule has 2 aromatic carbocycles. The number of halogens is 2. The van der Waals surface area contributed by atoms with Crippen molar-refractivity contribution in [1.82, 2.24) is 9.62 Å². The van der Waals surface area contributed by atoms with Gasteiger partial charge in [0.1, 0.15) is 4.90 Å². The Morgan fingerprint density at radius 3 is 2.19 bits per heavy atom. The van der Waals surface area contributed by atoms with Gasteiger partial charge < -0.3 is 5.32 Å². The molecule has 144 valence electrons. The largest absolute Gasteiger partial charge is 0.352 e. The van der Waals surface area contributed by atoms with E-state index in [1.54, 1.807) is 6.07 Å². The van der Waals surface area contributed by atoms with Crippen LogP contribution in [0.3, 0.4) is 0 Å². The van der Waals surface area contributed by atoms with Crippen LogP contribution >= 0.6 is 23.2 Å². The maximum atomic E-state index is 12.9. The molecule has 1 aliphatic heterocycles. The van der Waals surface area contributed by atoms with Gasteiger partial charge in [-0.3, -0.25) is 4.79 Å². The molecular weight excluding hydrogens is 407 g/mol. The van der Waals surface area contributed by atoms with Gasteiger partial charge in [0.15, 0.2) is 0 Å². The van der Waals surface area contributed by atoms with Gasteiger partial charge in [-0.25, -0.2) is 8.42 Å². The van der Waals surface area contributed by atoms with Crippen LogP contribution in [0.25, 0.3) is 0 Å². The van der Waals surface area contributed by atoms with E-state index >= 15 is 0 Å². The predicted molar refractivity (Wildman–Crippen MR) is 106 cm³/mol. The summed E-state index contributed by atoms with van der Waals surface area (Å²) in [6, 6.07) is 14.3. The van der Waals surface area contributed by atoms with Gasteiger partial charge in [0.25, 0.3) is 0 Å². The van der Waals surface area contributed by atoms with Crippen molar-refractivity contribution in [3.05, 3.63) is 64.1 Å². The summed E-state index contributed by atoms with van der Waals surface area (Å²) in [5.74, 6) is -0.256. The summed E-state index contributed by atoms with van der Waals surface area (Å²) in [6.45, 7) is 0.980. The number of carbonyl (C=O) groups excluding carboxylic acids is 1. The summed E-state index contributed by atoms with van der Waals surface area (Å²) in [5, 5.41) is 3.13. The Kier molecular flexibility index (Phi) is 6.42. The Bertz CT molecular complexity index is 892. The van der Waals surface area contributed by atoms with Gasteiger partial charge in [0.2, 0.25) is 15.9 Å². The molecule has 0 unspecified atom stereocenters. The molecule has 27 heavy (non-hydrogen) atoms. The van der Waals surface area contributed by atoms with E-state index in [0.29, 0.717) is 19.4 Å². The van der Waals surface area contributed by atoms with Crippen LogP contribution in [-0.2, 0) is 21.4 Å². The lowest BCUT2D eigenvalue weighted by atomic mass is 9.97. The second-order valence-corrected chi connectivity index (χ2v) is 9.12. The molecule has 1 heterocycles. The minimum atomic E-state index is -3.79. The van der Waals surface area contributed by atoms with Crippen LogP contribution in [0.4, 0.5) is 0 Å². The minimum absolute atomic E-state index is 0.0494. The van der Waals surface area contributed by atoms with Crippen molar-refractivity contribution in [3.63, 3.8) is 0 Å². The van der Waals surface area contributed by atoms with Crippen molar-refractivity contribution in [1.29, 1.82) is 0 Å². The normalized spacial score (nSPS) is 16.2. The second kappa shape index (κ2) is 8.61. The fourth-order valence-corrected chi connectivity index (χ4v) is 5.71. The molecule has 0 saturated carbocycles. The zero-order chi connectivity index (χ0) is 19.4. The molecule has 1 aliphatic rings. The summed E-state index contributed by atoms with van der Waals surface area (Å²) in [6.07, 6.45) is 0.920. The number of hydrogen-bond donors (Lipinski definition) is 1. The van der Waals surface area contributed by atoms with Crippen molar-refractivity contribution in [3.8, 4) is 0 Å². The smallest absolute Gasteiger partial charge is 0.246 e. The number of benzene rings is 2. The van der Waals surface area contributed by atoms with E-state index in [9.17, 15) is 13.2 Å². The number of sulfonamides is 1. The van der Waals surface area contributed by atoms with Gasteiger partial charge in [-0.2, -0.15) is 4.31 Å². The molecule has 1 saturated heterocycles. The standard InChI is InChI=1S/C19H20Cl2N2O3S/c20-16-7-4-8-17(21)18(16)27(25,26)23-11-9-15(10-12-23)19(24)22-13-14-5-2-1-3-6-14/h1-8,15H,9-13H2,(H,22,24). The van der Waals surface area contributed by atoms with E-state index in [-0.39, 0.29) is 39.9 Å². The van der Waals surface area contributed by atoms with E-state index < -0.39 is 10.0 Å². The molecule has 0 spiro atoms. The lowest BCUT2D eigenvalue weighted by molar-refractivity contribution is -0.126. The molecular formula is C19H20Cl2N2O3S. The molecule has 2 aromatic rings. The van der Waals surface area contributed by atoms with Crippen molar-refractivity contribution in [2.75, 3.05) is 13.1 Å². The van der Waals surface area contributed by atoms with Crippen molar-refractivity contribution >= 4 is 39.1 Å². The molecule has 5 nitrogen and oxygen atoms in total. The highest BCUT2D eigenvalue weighted by molar-refractivity contribution is 7.89. The van der Waals surface area contributed by atoms with Gasteiger partial charge in [-0.1, -0.05) is 59.6 Å². The summed E-state index contributed by atoms with van der Waals surface area (Å²) < 4.78 is 27.1. The number of carbonyl (C=O) groups is 1. The Hall–Kier alpha value is -1.60. The highest BCUT2D eigenvalue weighted by Gasteiger charge is 2.34. The number of rotatable bonds is 5. The summed E-state index contributed by atoms with van der Waals surface area (Å²) in [4.78, 5) is 12.3. The van der Waals surface area contributed by atoms with Crippen LogP contribution in [-0.4, -0.2) is 31.7 Å². The third kappa shape index (κ3) is 4.63. The SMILES string of the molecule is O=C(NCc1ccccc1)C1CCN(S(=O)(=O)c2c(Cl)cccc2Cl)CC1. The monoisotopic (exact) mass is 426 g/mol. The lowest BCUT2D eigenvalue weighted by Crippen LogP contribution is -2.43. The zero-order valence-electron chi connectivity index (χ0n) is 14.6. The van der Waals surface area contributed by atoms with Crippen molar-refractivity contribution < 1.29 is 13.2 Å². The molecule has 1 N–H and O–H groups in total. The number of piperidine rings is 1. The molecule has 0 radical (unpaired) electrons. The molecule has 0 aromatic heterocycles. The summed E-state index contributed by atoms with van der Waals surface area (Å²) in [5.41, 5.74) is 1.03. The van der Waals surface area contributed by atoms with Crippen LogP contribution in [0.1, 0.15) is 18.4 Å². The average molecular weight is 427 g/mol. The van der Waals surface area contributed by atoms with Crippen LogP contribution < -0.4 is 5.32 Å². The highest BCUT2D eigenvalue weighted by Crippen LogP contribution is 2.33. The van der Waals surface area contributed by atoms with Crippen LogP contribution in [0.15, 0.2) is 53.4 Å². The van der Waals surface area contributed by atoms with E-state index in [1.807, 2.05) is 30.3 Å². The van der Waals surface area contributed by atoms with E-state index in [1.165, 1.54) is 16.4 Å². The van der Waals surface area contributed by atoms with Crippen LogP contribution in [0.2, 0.25) is 10.0 Å². The lowest BCUT2D eigenvalue weighted by Gasteiger charge is -2.31. The average Bonchev–Trinajstić information content (AvgIpc) is 2.67. The van der Waals surface area contributed by atoms with Gasteiger partial charge in [-0.15, -0.1) is 0 Å². The zero-order valence-corrected chi connectivity index (χ0v) is 16.9. The maximum Gasteiger partial charge on any atom is 0.246 e. The fraction of sp³-hybridized carbons (Fsp3) is 0.316. The van der Waals surface area contributed by atoms with Gasteiger partial charge in [0, 0.05) is 25.6 Å². The third-order valence-electron chi connectivity index (χ3n) is 4.65. The quantitative estimate of drug-likeness (QED) is 0.791. The molecule has 1 amide bonds. The topological polar surface area (TPSA) is 66.5 Å². The molecule has 0 atom stereocenters. The second-order valence-electron chi connectivity index (χ2n) is 6.43. The highest BCUT2D eigenvalue weighted by atomic mass is 35.5. The Labute approximate surface area is 169 Å². The van der Waals surface area contributed by atoms with Crippen molar-refractivity contribution in [2.45, 2.75) is 24.3 Å². The Balaban J connectivity index is 1.60. The number of nitrogens with zero attached hydrogens (tertiary/aromatic N) is 1. The molecule has 8 heteroatoms. The summed E-state index contributed by atoms with van der Waals surface area (Å²) in [7, 11) is -3.79. The molecule has 0 aliphatic carbocycles. The van der Waals surface area contributed by atoms with Gasteiger partial charge in [-0.05, 0) is 30.5 Å². The van der Waals surface area contributed by atoms with Gasteiger partial charge >= 0.3 is 0 Å². The molecule has 1 fully saturated rings. The summed E-state index contributed by atoms with van der Waals surface area (Å²) >= 11 is 12.1. The Morgan fingerprint density at radius 2 is 1.59 bits per heavy atom. The first kappa shape index (κ1) is 20.1.